The van der Waals surface area contributed by atoms with Crippen LogP contribution in [0.3, 0.4) is 0 Å². The quantitative estimate of drug-likeness (QED) is 0.629. The lowest BCUT2D eigenvalue weighted by molar-refractivity contribution is -0.384. The van der Waals surface area contributed by atoms with Gasteiger partial charge in [0.2, 0.25) is 0 Å². The van der Waals surface area contributed by atoms with Gasteiger partial charge in [-0.3, -0.25) is 10.1 Å². The first-order chi connectivity index (χ1) is 7.40. The van der Waals surface area contributed by atoms with Crippen molar-refractivity contribution in [1.82, 2.24) is 0 Å². The van der Waals surface area contributed by atoms with Crippen molar-refractivity contribution in [2.24, 2.45) is 5.41 Å². The summed E-state index contributed by atoms with van der Waals surface area (Å²) in [5.41, 5.74) is 2.10. The van der Waals surface area contributed by atoms with E-state index < -0.39 is 0 Å². The van der Waals surface area contributed by atoms with Gasteiger partial charge in [0.25, 0.3) is 5.69 Å². The monoisotopic (exact) mass is 220 g/mol. The second kappa shape index (κ2) is 3.47. The molecule has 0 saturated heterocycles. The third kappa shape index (κ3) is 2.01. The first-order valence-electron chi connectivity index (χ1n) is 5.42. The highest BCUT2D eigenvalue weighted by atomic mass is 16.6. The van der Waals surface area contributed by atoms with Gasteiger partial charge in [0, 0.05) is 12.1 Å². The molecule has 1 aromatic rings. The molecule has 1 aromatic carbocycles. The topological polar surface area (TPSA) is 55.2 Å². The molecule has 86 valence electrons. The lowest BCUT2D eigenvalue weighted by Gasteiger charge is -2.09. The molecule has 16 heavy (non-hydrogen) atoms. The van der Waals surface area contributed by atoms with Crippen molar-refractivity contribution in [1.29, 1.82) is 0 Å². The number of nitrogens with one attached hydrogen (secondary N) is 1. The minimum absolute atomic E-state index is 0.160. The number of nitro groups is 1. The van der Waals surface area contributed by atoms with Crippen LogP contribution in [0.15, 0.2) is 18.2 Å². The van der Waals surface area contributed by atoms with Gasteiger partial charge in [0.15, 0.2) is 0 Å². The molecule has 1 aliphatic carbocycles. The summed E-state index contributed by atoms with van der Waals surface area (Å²) >= 11 is 0. The Morgan fingerprint density at radius 2 is 2.12 bits per heavy atom. The van der Waals surface area contributed by atoms with Gasteiger partial charge in [-0.1, -0.05) is 19.9 Å². The Morgan fingerprint density at radius 1 is 1.50 bits per heavy atom. The first-order valence-corrected chi connectivity index (χ1v) is 5.42. The highest BCUT2D eigenvalue weighted by Crippen LogP contribution is 2.47. The van der Waals surface area contributed by atoms with Crippen molar-refractivity contribution in [3.63, 3.8) is 0 Å². The van der Waals surface area contributed by atoms with Crippen molar-refractivity contribution in [2.75, 3.05) is 5.32 Å². The number of hydrogen-bond donors (Lipinski definition) is 1. The average Bonchev–Trinajstić information content (AvgIpc) is 2.72. The molecule has 1 atom stereocenters. The third-order valence-corrected chi connectivity index (χ3v) is 3.19. The Kier molecular flexibility index (Phi) is 2.37. The van der Waals surface area contributed by atoms with Crippen LogP contribution in [0.25, 0.3) is 0 Å². The van der Waals surface area contributed by atoms with E-state index in [2.05, 4.69) is 19.2 Å². The minimum Gasteiger partial charge on any atom is -0.376 e. The lowest BCUT2D eigenvalue weighted by Crippen LogP contribution is -2.10. The van der Waals surface area contributed by atoms with Crippen molar-refractivity contribution in [2.45, 2.75) is 33.2 Å². The number of aryl methyl sites for hydroxylation is 1. The van der Waals surface area contributed by atoms with Crippen molar-refractivity contribution >= 4 is 11.4 Å². The lowest BCUT2D eigenvalue weighted by atomic mass is 10.1. The van der Waals surface area contributed by atoms with Gasteiger partial charge in [0.1, 0.15) is 5.69 Å². The molecule has 1 fully saturated rings. The average molecular weight is 220 g/mol. The highest BCUT2D eigenvalue weighted by molar-refractivity contribution is 5.64. The molecular formula is C12H16N2O2. The van der Waals surface area contributed by atoms with E-state index >= 15 is 0 Å². The maximum atomic E-state index is 10.9. The minimum atomic E-state index is -0.336. The van der Waals surface area contributed by atoms with Crippen LogP contribution in [-0.2, 0) is 0 Å². The maximum Gasteiger partial charge on any atom is 0.292 e. The van der Waals surface area contributed by atoms with E-state index in [1.165, 1.54) is 0 Å². The number of nitrogens with zero attached hydrogens (tertiary/aromatic N) is 1. The molecule has 1 unspecified atom stereocenters. The van der Waals surface area contributed by atoms with Crippen LogP contribution in [0.2, 0.25) is 0 Å². The Labute approximate surface area is 94.8 Å². The molecule has 1 N–H and O–H groups in total. The molecule has 0 aromatic heterocycles. The smallest absolute Gasteiger partial charge is 0.292 e. The van der Waals surface area contributed by atoms with Crippen LogP contribution >= 0.6 is 0 Å². The Hall–Kier alpha value is -1.58. The van der Waals surface area contributed by atoms with Gasteiger partial charge in [-0.25, -0.2) is 0 Å². The summed E-state index contributed by atoms with van der Waals surface area (Å²) in [6, 6.07) is 5.52. The summed E-state index contributed by atoms with van der Waals surface area (Å²) < 4.78 is 0. The summed E-state index contributed by atoms with van der Waals surface area (Å²) in [6.07, 6.45) is 1.07. The van der Waals surface area contributed by atoms with E-state index in [1.54, 1.807) is 12.1 Å². The Balaban J connectivity index is 2.25. The zero-order chi connectivity index (χ0) is 11.9. The number of anilines is 1. The van der Waals surface area contributed by atoms with E-state index in [0.717, 1.165) is 12.0 Å². The predicted molar refractivity (Wildman–Crippen MR) is 63.6 cm³/mol. The predicted octanol–water partition coefficient (Wildman–Crippen LogP) is 3.11. The van der Waals surface area contributed by atoms with Crippen LogP contribution in [0.5, 0.6) is 0 Å². The van der Waals surface area contributed by atoms with Gasteiger partial charge >= 0.3 is 0 Å². The molecule has 0 amide bonds. The van der Waals surface area contributed by atoms with Crippen LogP contribution in [0.1, 0.15) is 25.8 Å². The standard InChI is InChI=1S/C12H16N2O2/c1-8-4-5-10(14(15)16)9(6-8)13-11-7-12(11,2)3/h4-6,11,13H,7H2,1-3H3. The van der Waals surface area contributed by atoms with E-state index in [9.17, 15) is 10.1 Å². The molecule has 0 radical (unpaired) electrons. The molecule has 0 heterocycles. The van der Waals surface area contributed by atoms with E-state index in [0.29, 0.717) is 11.7 Å². The fourth-order valence-corrected chi connectivity index (χ4v) is 1.83. The fourth-order valence-electron chi connectivity index (χ4n) is 1.83. The number of rotatable bonds is 3. The largest absolute Gasteiger partial charge is 0.376 e. The Bertz CT molecular complexity index is 441. The van der Waals surface area contributed by atoms with Gasteiger partial charge in [-0.05, 0) is 30.4 Å². The molecule has 0 bridgehead atoms. The maximum absolute atomic E-state index is 10.9. The fraction of sp³-hybridized carbons (Fsp3) is 0.500. The van der Waals surface area contributed by atoms with Gasteiger partial charge in [0.05, 0.1) is 4.92 Å². The molecule has 2 rings (SSSR count). The summed E-state index contributed by atoms with van der Waals surface area (Å²) in [7, 11) is 0. The summed E-state index contributed by atoms with van der Waals surface area (Å²) in [4.78, 5) is 10.5. The van der Waals surface area contributed by atoms with E-state index in [4.69, 9.17) is 0 Å². The second-order valence-corrected chi connectivity index (χ2v) is 5.17. The number of nitro benzene ring substituents is 1. The number of hydrogen-bond acceptors (Lipinski definition) is 3. The second-order valence-electron chi connectivity index (χ2n) is 5.17. The van der Waals surface area contributed by atoms with Crippen LogP contribution in [0.4, 0.5) is 11.4 Å². The van der Waals surface area contributed by atoms with E-state index in [1.807, 2.05) is 13.0 Å². The van der Waals surface area contributed by atoms with Gasteiger partial charge < -0.3 is 5.32 Å². The van der Waals surface area contributed by atoms with Gasteiger partial charge in [-0.15, -0.1) is 0 Å². The molecule has 1 saturated carbocycles. The number of benzene rings is 1. The van der Waals surface area contributed by atoms with Crippen molar-refractivity contribution in [3.05, 3.63) is 33.9 Å². The SMILES string of the molecule is Cc1ccc([N+](=O)[O-])c(NC2CC2(C)C)c1. The molecular weight excluding hydrogens is 204 g/mol. The molecule has 0 aliphatic heterocycles. The summed E-state index contributed by atoms with van der Waals surface area (Å²) in [5, 5.41) is 14.1. The van der Waals surface area contributed by atoms with Crippen LogP contribution in [-0.4, -0.2) is 11.0 Å². The van der Waals surface area contributed by atoms with Crippen molar-refractivity contribution in [3.8, 4) is 0 Å². The normalized spacial score (nSPS) is 21.6. The van der Waals surface area contributed by atoms with Gasteiger partial charge in [-0.2, -0.15) is 0 Å². The zero-order valence-corrected chi connectivity index (χ0v) is 9.78. The highest BCUT2D eigenvalue weighted by Gasteiger charge is 2.46. The molecule has 0 spiro atoms. The summed E-state index contributed by atoms with van der Waals surface area (Å²) in [6.45, 7) is 6.26. The summed E-state index contributed by atoms with van der Waals surface area (Å²) in [5.74, 6) is 0. The molecule has 4 heteroatoms. The third-order valence-electron chi connectivity index (χ3n) is 3.19. The van der Waals surface area contributed by atoms with Crippen LogP contribution < -0.4 is 5.32 Å². The Morgan fingerprint density at radius 3 is 2.62 bits per heavy atom. The zero-order valence-electron chi connectivity index (χ0n) is 9.78. The van der Waals surface area contributed by atoms with Crippen LogP contribution in [0, 0.1) is 22.5 Å². The molecule has 4 nitrogen and oxygen atoms in total. The van der Waals surface area contributed by atoms with E-state index in [-0.39, 0.29) is 16.0 Å². The van der Waals surface area contributed by atoms with Crippen molar-refractivity contribution < 1.29 is 4.92 Å². The first kappa shape index (κ1) is 10.9. The molecule has 1 aliphatic rings.